The van der Waals surface area contributed by atoms with Crippen LogP contribution in [0.25, 0.3) is 22.2 Å². The molecule has 7 nitrogen and oxygen atoms in total. The van der Waals surface area contributed by atoms with Gasteiger partial charge in [-0.1, -0.05) is 33.6 Å². The Bertz CT molecular complexity index is 1850. The summed E-state index contributed by atoms with van der Waals surface area (Å²) in [5, 5.41) is 5.20. The Morgan fingerprint density at radius 2 is 1.83 bits per heavy atom. The number of aromatic nitrogens is 3. The van der Waals surface area contributed by atoms with Gasteiger partial charge in [0.15, 0.2) is 11.6 Å². The lowest BCUT2D eigenvalue weighted by Crippen LogP contribution is -2.18. The molecule has 3 aromatic carbocycles. The van der Waals surface area contributed by atoms with Crippen molar-refractivity contribution in [2.75, 3.05) is 6.61 Å². The summed E-state index contributed by atoms with van der Waals surface area (Å²) in [7, 11) is -3.97. The molecule has 11 heteroatoms. The Kier molecular flexibility index (Phi) is 7.43. The van der Waals surface area contributed by atoms with Gasteiger partial charge in [0, 0.05) is 46.9 Å². The van der Waals surface area contributed by atoms with Gasteiger partial charge < -0.3 is 9.47 Å². The number of fused-ring (bicyclic) bond motifs is 1. The quantitative estimate of drug-likeness (QED) is 0.170. The molecule has 0 radical (unpaired) electrons. The average Bonchev–Trinajstić information content (AvgIpc) is 3.63. The van der Waals surface area contributed by atoms with Crippen LogP contribution in [0.3, 0.4) is 0 Å². The number of hydrogen-bond acceptors (Lipinski definition) is 5. The van der Waals surface area contributed by atoms with Crippen molar-refractivity contribution < 1.29 is 26.7 Å². The average molecular weight is 643 g/mol. The summed E-state index contributed by atoms with van der Waals surface area (Å²) in [6, 6.07) is 15.0. The Balaban J connectivity index is 1.35. The van der Waals surface area contributed by atoms with Crippen LogP contribution in [-0.4, -0.2) is 28.8 Å². The van der Waals surface area contributed by atoms with E-state index in [1.807, 2.05) is 6.92 Å². The van der Waals surface area contributed by atoms with Crippen molar-refractivity contribution in [1.82, 2.24) is 13.8 Å². The van der Waals surface area contributed by atoms with Crippen LogP contribution >= 0.6 is 15.9 Å². The molecule has 0 amide bonds. The number of hydrogen-bond donors (Lipinski definition) is 0. The number of ether oxygens (including phenoxy) is 2. The van der Waals surface area contributed by atoms with E-state index in [1.165, 1.54) is 36.5 Å². The molecule has 0 N–H and O–H groups in total. The molecule has 5 aromatic rings. The number of benzene rings is 3. The topological polar surface area (TPSA) is 75.3 Å². The predicted octanol–water partition coefficient (Wildman–Crippen LogP) is 7.71. The van der Waals surface area contributed by atoms with Crippen LogP contribution < -0.4 is 4.74 Å². The Morgan fingerprint density at radius 3 is 2.56 bits per heavy atom. The monoisotopic (exact) mass is 641 g/mol. The lowest BCUT2D eigenvalue weighted by Gasteiger charge is -2.22. The van der Waals surface area contributed by atoms with E-state index in [2.05, 4.69) is 21.0 Å². The van der Waals surface area contributed by atoms with Gasteiger partial charge in [-0.25, -0.2) is 25.9 Å². The molecule has 0 spiro atoms. The van der Waals surface area contributed by atoms with Gasteiger partial charge >= 0.3 is 0 Å². The molecule has 41 heavy (non-hydrogen) atoms. The highest BCUT2D eigenvalue weighted by molar-refractivity contribution is 9.08. The highest BCUT2D eigenvalue weighted by atomic mass is 79.9. The van der Waals surface area contributed by atoms with E-state index >= 15 is 4.39 Å². The minimum atomic E-state index is -3.97. The minimum Gasteiger partial charge on any atom is -0.454 e. The molecule has 6 rings (SSSR count). The van der Waals surface area contributed by atoms with Crippen molar-refractivity contribution >= 4 is 36.9 Å². The van der Waals surface area contributed by atoms with Crippen LogP contribution in [0.2, 0.25) is 0 Å². The molecule has 0 bridgehead atoms. The fourth-order valence-corrected chi connectivity index (χ4v) is 6.90. The molecule has 1 saturated heterocycles. The summed E-state index contributed by atoms with van der Waals surface area (Å²) in [4.78, 5) is 0.0954. The van der Waals surface area contributed by atoms with Crippen LogP contribution in [0.5, 0.6) is 11.5 Å². The molecule has 3 heterocycles. The standard InChI is InChI=1S/C30H26BrF2N3O4S/c1-19-5-8-21(9-6-19)41(37,38)36-14-11-22-24(18-31)30(26(33)17-28(22)36)40-20-7-10-25(32)23(16-20)27-12-13-35(34-27)29-4-2-3-15-39-29/h5-14,16-17,29H,2-4,15,18H2,1H3. The van der Waals surface area contributed by atoms with Crippen molar-refractivity contribution in [2.24, 2.45) is 0 Å². The molecular weight excluding hydrogens is 616 g/mol. The number of aryl methyl sites for hydroxylation is 1. The van der Waals surface area contributed by atoms with Gasteiger partial charge in [0.05, 0.1) is 16.1 Å². The molecule has 1 fully saturated rings. The number of halogens is 3. The Labute approximate surface area is 244 Å². The molecule has 1 aliphatic heterocycles. The molecule has 0 saturated carbocycles. The second kappa shape index (κ2) is 11.0. The van der Waals surface area contributed by atoms with Crippen molar-refractivity contribution in [2.45, 2.75) is 42.6 Å². The van der Waals surface area contributed by atoms with Crippen LogP contribution in [-0.2, 0) is 20.1 Å². The summed E-state index contributed by atoms with van der Waals surface area (Å²) >= 11 is 3.40. The maximum Gasteiger partial charge on any atom is 0.268 e. The van der Waals surface area contributed by atoms with Gasteiger partial charge in [-0.3, -0.25) is 0 Å². The Morgan fingerprint density at radius 1 is 1.02 bits per heavy atom. The van der Waals surface area contributed by atoms with Gasteiger partial charge in [-0.05, 0) is 68.7 Å². The maximum absolute atomic E-state index is 15.6. The van der Waals surface area contributed by atoms with Crippen molar-refractivity contribution in [3.05, 3.63) is 95.8 Å². The predicted molar refractivity (Wildman–Crippen MR) is 155 cm³/mol. The molecule has 1 unspecified atom stereocenters. The summed E-state index contributed by atoms with van der Waals surface area (Å²) < 4.78 is 71.7. The van der Waals surface area contributed by atoms with Gasteiger partial charge in [0.1, 0.15) is 17.8 Å². The summed E-state index contributed by atoms with van der Waals surface area (Å²) in [6.45, 7) is 2.52. The fraction of sp³-hybridized carbons (Fsp3) is 0.233. The Hall–Kier alpha value is -3.54. The van der Waals surface area contributed by atoms with Crippen LogP contribution in [0, 0.1) is 18.6 Å². The molecule has 1 aliphatic rings. The van der Waals surface area contributed by atoms with E-state index in [4.69, 9.17) is 9.47 Å². The van der Waals surface area contributed by atoms with Crippen LogP contribution in [0.15, 0.2) is 78.0 Å². The molecule has 212 valence electrons. The number of alkyl halides is 1. The van der Waals surface area contributed by atoms with E-state index < -0.39 is 21.7 Å². The molecular formula is C30H26BrF2N3O4S. The normalized spacial score (nSPS) is 15.9. The zero-order chi connectivity index (χ0) is 28.7. The zero-order valence-corrected chi connectivity index (χ0v) is 24.5. The van der Waals surface area contributed by atoms with Crippen molar-refractivity contribution in [1.29, 1.82) is 0 Å². The summed E-state index contributed by atoms with van der Waals surface area (Å²) in [5.74, 6) is -1.13. The zero-order valence-electron chi connectivity index (χ0n) is 22.1. The highest BCUT2D eigenvalue weighted by Gasteiger charge is 2.24. The van der Waals surface area contributed by atoms with E-state index in [0.717, 1.165) is 34.9 Å². The van der Waals surface area contributed by atoms with Gasteiger partial charge in [0.2, 0.25) is 0 Å². The maximum atomic E-state index is 15.6. The first-order valence-corrected chi connectivity index (χ1v) is 15.7. The SMILES string of the molecule is Cc1ccc(S(=O)(=O)n2ccc3c(CBr)c(Oc4ccc(F)c(-c5ccn(C6CCCCO6)n5)c4)c(F)cc32)cc1. The lowest BCUT2D eigenvalue weighted by atomic mass is 10.1. The van der Waals surface area contributed by atoms with E-state index in [9.17, 15) is 12.8 Å². The first kappa shape index (κ1) is 27.6. The largest absolute Gasteiger partial charge is 0.454 e. The molecule has 1 atom stereocenters. The van der Waals surface area contributed by atoms with Crippen molar-refractivity contribution in [3.63, 3.8) is 0 Å². The smallest absolute Gasteiger partial charge is 0.268 e. The van der Waals surface area contributed by atoms with Gasteiger partial charge in [-0.2, -0.15) is 5.10 Å². The highest BCUT2D eigenvalue weighted by Crippen LogP contribution is 2.38. The summed E-state index contributed by atoms with van der Waals surface area (Å²) in [6.07, 6.45) is 5.83. The van der Waals surface area contributed by atoms with Crippen LogP contribution in [0.1, 0.15) is 36.6 Å². The summed E-state index contributed by atoms with van der Waals surface area (Å²) in [5.41, 5.74) is 2.13. The lowest BCUT2D eigenvalue weighted by molar-refractivity contribution is -0.0393. The molecule has 0 aliphatic carbocycles. The number of nitrogens with zero attached hydrogens (tertiary/aromatic N) is 3. The third-order valence-corrected chi connectivity index (χ3v) is 9.44. The number of rotatable bonds is 7. The van der Waals surface area contributed by atoms with E-state index in [1.54, 1.807) is 35.1 Å². The first-order valence-electron chi connectivity index (χ1n) is 13.1. The second-order valence-corrected chi connectivity index (χ2v) is 12.3. The van der Waals surface area contributed by atoms with Gasteiger partial charge in [-0.15, -0.1) is 0 Å². The third-order valence-electron chi connectivity index (χ3n) is 7.17. The third kappa shape index (κ3) is 5.18. The first-order chi connectivity index (χ1) is 19.8. The fourth-order valence-electron chi connectivity index (χ4n) is 5.01. The van der Waals surface area contributed by atoms with Crippen molar-refractivity contribution in [3.8, 4) is 22.8 Å². The molecule has 2 aromatic heterocycles. The van der Waals surface area contributed by atoms with Crippen LogP contribution in [0.4, 0.5) is 8.78 Å². The second-order valence-electron chi connectivity index (χ2n) is 9.91. The van der Waals surface area contributed by atoms with E-state index in [-0.39, 0.29) is 39.0 Å². The minimum absolute atomic E-state index is 0.0847. The van der Waals surface area contributed by atoms with E-state index in [0.29, 0.717) is 23.3 Å². The van der Waals surface area contributed by atoms with Gasteiger partial charge in [0.25, 0.3) is 10.0 Å².